The van der Waals surface area contributed by atoms with Crippen molar-refractivity contribution in [2.75, 3.05) is 6.54 Å². The van der Waals surface area contributed by atoms with E-state index < -0.39 is 0 Å². The summed E-state index contributed by atoms with van der Waals surface area (Å²) in [6, 6.07) is -0.00854. The third-order valence-corrected chi connectivity index (χ3v) is 2.78. The van der Waals surface area contributed by atoms with E-state index in [0.29, 0.717) is 19.4 Å². The average molecular weight is 226 g/mol. The number of likely N-dealkylation sites (tertiary alicyclic amines) is 1. The Kier molecular flexibility index (Phi) is 3.94. The van der Waals surface area contributed by atoms with E-state index in [1.165, 1.54) is 0 Å². The molecule has 0 aromatic heterocycles. The number of hydrogen-bond donors (Lipinski definition) is 1. The summed E-state index contributed by atoms with van der Waals surface area (Å²) in [4.78, 5) is 25.0. The largest absolute Gasteiger partial charge is 0.351 e. The minimum absolute atomic E-state index is 0.00854. The number of carbonyl (C=O) groups is 2. The molecule has 4 heteroatoms. The maximum Gasteiger partial charge on any atom is 0.225 e. The van der Waals surface area contributed by atoms with Crippen molar-refractivity contribution >= 4 is 11.8 Å². The average Bonchev–Trinajstić information content (AvgIpc) is 2.46. The van der Waals surface area contributed by atoms with Gasteiger partial charge in [0.25, 0.3) is 0 Å². The van der Waals surface area contributed by atoms with Crippen LogP contribution in [0.3, 0.4) is 0 Å². The van der Waals surface area contributed by atoms with Gasteiger partial charge < -0.3 is 10.2 Å². The van der Waals surface area contributed by atoms with Crippen molar-refractivity contribution in [3.8, 4) is 0 Å². The van der Waals surface area contributed by atoms with Gasteiger partial charge in [-0.25, -0.2) is 0 Å². The van der Waals surface area contributed by atoms with Gasteiger partial charge in [0.2, 0.25) is 11.8 Å². The van der Waals surface area contributed by atoms with Crippen LogP contribution in [0.4, 0.5) is 0 Å². The summed E-state index contributed by atoms with van der Waals surface area (Å²) in [5, 5.41) is 2.91. The van der Waals surface area contributed by atoms with Crippen LogP contribution in [0.2, 0.25) is 0 Å². The first-order valence-corrected chi connectivity index (χ1v) is 5.94. The van der Waals surface area contributed by atoms with Crippen LogP contribution in [-0.2, 0) is 9.59 Å². The van der Waals surface area contributed by atoms with Gasteiger partial charge in [0.1, 0.15) is 0 Å². The summed E-state index contributed by atoms with van der Waals surface area (Å²) in [5.74, 6) is 0.186. The Hall–Kier alpha value is -1.06. The predicted octanol–water partition coefficient (Wildman–Crippen LogP) is 1.30. The molecule has 1 fully saturated rings. The monoisotopic (exact) mass is 226 g/mol. The lowest BCUT2D eigenvalue weighted by molar-refractivity contribution is -0.131. The van der Waals surface area contributed by atoms with Crippen LogP contribution < -0.4 is 5.32 Å². The quantitative estimate of drug-likeness (QED) is 0.788. The first kappa shape index (κ1) is 13.0. The van der Waals surface area contributed by atoms with E-state index >= 15 is 0 Å². The smallest absolute Gasteiger partial charge is 0.225 e. The number of hydrogen-bond acceptors (Lipinski definition) is 2. The second-order valence-electron chi connectivity index (χ2n) is 5.39. The van der Waals surface area contributed by atoms with Crippen molar-refractivity contribution in [2.24, 2.45) is 0 Å². The fourth-order valence-electron chi connectivity index (χ4n) is 1.98. The first-order chi connectivity index (χ1) is 7.34. The highest BCUT2D eigenvalue weighted by Gasteiger charge is 2.36. The van der Waals surface area contributed by atoms with E-state index in [0.717, 1.165) is 6.42 Å². The lowest BCUT2D eigenvalue weighted by Gasteiger charge is -2.32. The Morgan fingerprint density at radius 3 is 2.56 bits per heavy atom. The van der Waals surface area contributed by atoms with Crippen molar-refractivity contribution in [3.63, 3.8) is 0 Å². The zero-order valence-corrected chi connectivity index (χ0v) is 10.7. The Labute approximate surface area is 97.4 Å². The summed E-state index contributed by atoms with van der Waals surface area (Å²) in [5.41, 5.74) is -0.151. The third-order valence-electron chi connectivity index (χ3n) is 2.78. The molecule has 0 radical (unpaired) electrons. The first-order valence-electron chi connectivity index (χ1n) is 5.94. The second-order valence-corrected chi connectivity index (χ2v) is 5.39. The Morgan fingerprint density at radius 2 is 2.12 bits per heavy atom. The normalized spacial score (nSPS) is 21.4. The topological polar surface area (TPSA) is 49.4 Å². The molecule has 0 spiro atoms. The molecule has 2 amide bonds. The van der Waals surface area contributed by atoms with Gasteiger partial charge in [0, 0.05) is 24.9 Å². The van der Waals surface area contributed by atoms with Crippen LogP contribution in [0.25, 0.3) is 0 Å². The van der Waals surface area contributed by atoms with Gasteiger partial charge in [-0.05, 0) is 27.2 Å². The van der Waals surface area contributed by atoms with Gasteiger partial charge in [-0.15, -0.1) is 0 Å². The molecule has 1 N–H and O–H groups in total. The van der Waals surface area contributed by atoms with Crippen molar-refractivity contribution in [3.05, 3.63) is 0 Å². The predicted molar refractivity (Wildman–Crippen MR) is 62.9 cm³/mol. The highest BCUT2D eigenvalue weighted by Crippen LogP contribution is 2.21. The van der Waals surface area contributed by atoms with Crippen molar-refractivity contribution in [1.82, 2.24) is 10.2 Å². The summed E-state index contributed by atoms with van der Waals surface area (Å²) in [6.07, 6.45) is 1.82. The number of rotatable bonds is 3. The standard InChI is InChI=1S/C12H22N2O2/c1-5-6-10(15)13-9-7-11(16)14(8-9)12(2,3)4/h9H,5-8H2,1-4H3,(H,13,15). The second kappa shape index (κ2) is 4.85. The van der Waals surface area contributed by atoms with Crippen LogP contribution in [0.1, 0.15) is 47.0 Å². The number of nitrogens with one attached hydrogen (secondary N) is 1. The van der Waals surface area contributed by atoms with E-state index in [1.807, 2.05) is 32.6 Å². The minimum Gasteiger partial charge on any atom is -0.351 e. The molecule has 0 saturated carbocycles. The summed E-state index contributed by atoms with van der Waals surface area (Å²) < 4.78 is 0. The summed E-state index contributed by atoms with van der Waals surface area (Å²) in [6.45, 7) is 8.65. The molecule has 0 aromatic carbocycles. The van der Waals surface area contributed by atoms with E-state index in [-0.39, 0.29) is 23.4 Å². The van der Waals surface area contributed by atoms with E-state index in [9.17, 15) is 9.59 Å². The molecule has 92 valence electrons. The van der Waals surface area contributed by atoms with Crippen molar-refractivity contribution in [2.45, 2.75) is 58.5 Å². The van der Waals surface area contributed by atoms with E-state index in [2.05, 4.69) is 5.32 Å². The van der Waals surface area contributed by atoms with Gasteiger partial charge in [-0.3, -0.25) is 9.59 Å². The van der Waals surface area contributed by atoms with Crippen LogP contribution in [-0.4, -0.2) is 34.8 Å². The Bertz CT molecular complexity index is 281. The molecule has 1 rings (SSSR count). The van der Waals surface area contributed by atoms with Gasteiger partial charge in [0.05, 0.1) is 6.04 Å². The summed E-state index contributed by atoms with van der Waals surface area (Å²) >= 11 is 0. The highest BCUT2D eigenvalue weighted by atomic mass is 16.2. The minimum atomic E-state index is -0.151. The maximum atomic E-state index is 11.7. The zero-order chi connectivity index (χ0) is 12.3. The fraction of sp³-hybridized carbons (Fsp3) is 0.833. The number of carbonyl (C=O) groups excluding carboxylic acids is 2. The fourth-order valence-corrected chi connectivity index (χ4v) is 1.98. The van der Waals surface area contributed by atoms with Crippen LogP contribution >= 0.6 is 0 Å². The van der Waals surface area contributed by atoms with E-state index in [4.69, 9.17) is 0 Å². The SMILES string of the molecule is CCCC(=O)NC1CC(=O)N(C(C)(C)C)C1. The molecule has 1 heterocycles. The molecule has 0 aromatic rings. The molecule has 1 unspecified atom stereocenters. The molecule has 1 aliphatic rings. The Balaban J connectivity index is 2.51. The molecule has 1 saturated heterocycles. The molecule has 16 heavy (non-hydrogen) atoms. The van der Waals surface area contributed by atoms with Crippen molar-refractivity contribution < 1.29 is 9.59 Å². The van der Waals surface area contributed by atoms with Crippen LogP contribution in [0.5, 0.6) is 0 Å². The molecule has 0 bridgehead atoms. The van der Waals surface area contributed by atoms with Gasteiger partial charge in [-0.2, -0.15) is 0 Å². The molecule has 4 nitrogen and oxygen atoms in total. The lowest BCUT2D eigenvalue weighted by atomic mass is 10.1. The summed E-state index contributed by atoms with van der Waals surface area (Å²) in [7, 11) is 0. The van der Waals surface area contributed by atoms with Crippen LogP contribution in [0, 0.1) is 0 Å². The van der Waals surface area contributed by atoms with Crippen LogP contribution in [0.15, 0.2) is 0 Å². The zero-order valence-electron chi connectivity index (χ0n) is 10.7. The van der Waals surface area contributed by atoms with Gasteiger partial charge >= 0.3 is 0 Å². The number of amides is 2. The molecular weight excluding hydrogens is 204 g/mol. The third kappa shape index (κ3) is 3.22. The van der Waals surface area contributed by atoms with Crippen molar-refractivity contribution in [1.29, 1.82) is 0 Å². The molecule has 1 aliphatic heterocycles. The van der Waals surface area contributed by atoms with E-state index in [1.54, 1.807) is 0 Å². The molecule has 0 aliphatic carbocycles. The Morgan fingerprint density at radius 1 is 1.50 bits per heavy atom. The highest BCUT2D eigenvalue weighted by molar-refractivity contribution is 5.82. The molecular formula is C12H22N2O2. The maximum absolute atomic E-state index is 11.7. The van der Waals surface area contributed by atoms with Gasteiger partial charge in [0.15, 0.2) is 0 Å². The van der Waals surface area contributed by atoms with Gasteiger partial charge in [-0.1, -0.05) is 6.92 Å². The lowest BCUT2D eigenvalue weighted by Crippen LogP contribution is -2.44. The molecule has 1 atom stereocenters. The number of nitrogens with zero attached hydrogens (tertiary/aromatic N) is 1.